The summed E-state index contributed by atoms with van der Waals surface area (Å²) in [7, 11) is 0. The van der Waals surface area contributed by atoms with E-state index in [9.17, 15) is 9.59 Å². The van der Waals surface area contributed by atoms with Crippen molar-refractivity contribution in [3.8, 4) is 0 Å². The van der Waals surface area contributed by atoms with E-state index < -0.39 is 0 Å². The highest BCUT2D eigenvalue weighted by atomic mass is 16.2. The van der Waals surface area contributed by atoms with E-state index in [0.717, 1.165) is 64.5 Å². The van der Waals surface area contributed by atoms with Crippen LogP contribution in [0.15, 0.2) is 0 Å². The summed E-state index contributed by atoms with van der Waals surface area (Å²) in [5.74, 6) is 0.921. The van der Waals surface area contributed by atoms with Crippen LogP contribution >= 0.6 is 0 Å². The molecule has 4 nitrogen and oxygen atoms in total. The van der Waals surface area contributed by atoms with E-state index in [1.165, 1.54) is 19.3 Å². The molecule has 2 amide bonds. The molecule has 3 rings (SSSR count). The van der Waals surface area contributed by atoms with Gasteiger partial charge in [-0.1, -0.05) is 12.8 Å². The Bertz CT molecular complexity index is 390. The summed E-state index contributed by atoms with van der Waals surface area (Å²) < 4.78 is 0. The van der Waals surface area contributed by atoms with Crippen LogP contribution in [0.25, 0.3) is 0 Å². The monoisotopic (exact) mass is 306 g/mol. The zero-order chi connectivity index (χ0) is 15.4. The third-order valence-corrected chi connectivity index (χ3v) is 5.82. The molecule has 0 atom stereocenters. The molecule has 0 aromatic heterocycles. The van der Waals surface area contributed by atoms with Gasteiger partial charge in [0.2, 0.25) is 11.8 Å². The van der Waals surface area contributed by atoms with Crippen molar-refractivity contribution in [2.75, 3.05) is 13.1 Å². The van der Waals surface area contributed by atoms with Crippen LogP contribution in [0.5, 0.6) is 0 Å². The van der Waals surface area contributed by atoms with Crippen LogP contribution in [0.2, 0.25) is 0 Å². The number of hydrogen-bond donors (Lipinski definition) is 1. The number of nitrogens with one attached hydrogen (secondary N) is 1. The number of carbonyl (C=O) groups excluding carboxylic acids is 2. The number of nitrogens with zero attached hydrogens (tertiary/aromatic N) is 1. The van der Waals surface area contributed by atoms with Crippen molar-refractivity contribution in [3.05, 3.63) is 0 Å². The number of rotatable bonds is 3. The molecule has 0 aromatic carbocycles. The fraction of sp³-hybridized carbons (Fsp3) is 0.889. The molecule has 22 heavy (non-hydrogen) atoms. The van der Waals surface area contributed by atoms with Gasteiger partial charge in [-0.05, 0) is 57.8 Å². The average molecular weight is 306 g/mol. The summed E-state index contributed by atoms with van der Waals surface area (Å²) in [4.78, 5) is 26.9. The van der Waals surface area contributed by atoms with E-state index in [2.05, 4.69) is 10.2 Å². The minimum atomic E-state index is 0.144. The molecule has 0 bridgehead atoms. The maximum atomic E-state index is 12.5. The van der Waals surface area contributed by atoms with Crippen LogP contribution in [0.4, 0.5) is 0 Å². The lowest BCUT2D eigenvalue weighted by Crippen LogP contribution is -2.43. The van der Waals surface area contributed by atoms with Crippen molar-refractivity contribution >= 4 is 11.8 Å². The summed E-state index contributed by atoms with van der Waals surface area (Å²) in [5.41, 5.74) is 0. The Morgan fingerprint density at radius 2 is 1.32 bits per heavy atom. The van der Waals surface area contributed by atoms with E-state index in [1.54, 1.807) is 0 Å². The molecular formula is C18H30N2O2. The van der Waals surface area contributed by atoms with Crippen LogP contribution < -0.4 is 5.32 Å². The molecule has 0 unspecified atom stereocenters. The molecule has 0 spiro atoms. The molecule has 2 saturated carbocycles. The average Bonchev–Trinajstić information content (AvgIpc) is 3.08. The SMILES string of the molecule is O=C(NC1CCCC1)C1CCC(C(=O)N2CCCCC2)CC1. The fourth-order valence-corrected chi connectivity index (χ4v) is 4.36. The maximum absolute atomic E-state index is 12.5. The highest BCUT2D eigenvalue weighted by Crippen LogP contribution is 2.31. The Morgan fingerprint density at radius 1 is 0.727 bits per heavy atom. The molecule has 1 saturated heterocycles. The first-order valence-electron chi connectivity index (χ1n) is 9.33. The maximum Gasteiger partial charge on any atom is 0.225 e. The second-order valence-electron chi connectivity index (χ2n) is 7.42. The summed E-state index contributed by atoms with van der Waals surface area (Å²) in [6.45, 7) is 1.89. The van der Waals surface area contributed by atoms with Gasteiger partial charge in [-0.15, -0.1) is 0 Å². The number of amides is 2. The van der Waals surface area contributed by atoms with Gasteiger partial charge in [0.05, 0.1) is 0 Å². The Hall–Kier alpha value is -1.06. The first-order chi connectivity index (χ1) is 10.7. The predicted molar refractivity (Wildman–Crippen MR) is 86.3 cm³/mol. The number of piperidine rings is 1. The quantitative estimate of drug-likeness (QED) is 0.871. The molecular weight excluding hydrogens is 276 g/mol. The van der Waals surface area contributed by atoms with E-state index in [1.807, 2.05) is 0 Å². The zero-order valence-corrected chi connectivity index (χ0v) is 13.7. The molecule has 3 aliphatic rings. The third kappa shape index (κ3) is 3.82. The lowest BCUT2D eigenvalue weighted by atomic mass is 9.80. The van der Waals surface area contributed by atoms with Gasteiger partial charge in [0.15, 0.2) is 0 Å². The highest BCUT2D eigenvalue weighted by Gasteiger charge is 2.33. The van der Waals surface area contributed by atoms with Gasteiger partial charge in [0, 0.05) is 31.0 Å². The minimum Gasteiger partial charge on any atom is -0.353 e. The number of likely N-dealkylation sites (tertiary alicyclic amines) is 1. The van der Waals surface area contributed by atoms with Crippen molar-refractivity contribution < 1.29 is 9.59 Å². The van der Waals surface area contributed by atoms with Crippen molar-refractivity contribution in [2.45, 2.75) is 76.7 Å². The van der Waals surface area contributed by atoms with Gasteiger partial charge in [-0.2, -0.15) is 0 Å². The zero-order valence-electron chi connectivity index (χ0n) is 13.7. The Labute approximate surface area is 134 Å². The molecule has 3 fully saturated rings. The normalized spacial score (nSPS) is 30.3. The molecule has 0 aromatic rings. The van der Waals surface area contributed by atoms with E-state index in [-0.39, 0.29) is 17.7 Å². The molecule has 4 heteroatoms. The van der Waals surface area contributed by atoms with E-state index in [4.69, 9.17) is 0 Å². The van der Waals surface area contributed by atoms with Gasteiger partial charge in [0.25, 0.3) is 0 Å². The van der Waals surface area contributed by atoms with Crippen LogP contribution in [0.3, 0.4) is 0 Å². The number of hydrogen-bond acceptors (Lipinski definition) is 2. The standard InChI is InChI=1S/C18H30N2O2/c21-17(19-16-6-2-3-7-16)14-8-10-15(11-9-14)18(22)20-12-4-1-5-13-20/h14-16H,1-13H2,(H,19,21). The van der Waals surface area contributed by atoms with Gasteiger partial charge in [-0.25, -0.2) is 0 Å². The Balaban J connectivity index is 1.43. The van der Waals surface area contributed by atoms with E-state index >= 15 is 0 Å². The van der Waals surface area contributed by atoms with Gasteiger partial charge in [0.1, 0.15) is 0 Å². The Morgan fingerprint density at radius 3 is 1.95 bits per heavy atom. The lowest BCUT2D eigenvalue weighted by molar-refractivity contribution is -0.139. The predicted octanol–water partition coefficient (Wildman–Crippen LogP) is 2.86. The van der Waals surface area contributed by atoms with Gasteiger partial charge >= 0.3 is 0 Å². The van der Waals surface area contributed by atoms with Crippen LogP contribution in [0.1, 0.15) is 70.6 Å². The summed E-state index contributed by atoms with van der Waals surface area (Å²) in [5, 5.41) is 3.22. The van der Waals surface area contributed by atoms with Gasteiger partial charge in [-0.3, -0.25) is 9.59 Å². The van der Waals surface area contributed by atoms with Crippen molar-refractivity contribution in [1.29, 1.82) is 0 Å². The van der Waals surface area contributed by atoms with Crippen LogP contribution in [0, 0.1) is 11.8 Å². The summed E-state index contributed by atoms with van der Waals surface area (Å²) >= 11 is 0. The summed E-state index contributed by atoms with van der Waals surface area (Å²) in [6, 6.07) is 0.417. The largest absolute Gasteiger partial charge is 0.353 e. The van der Waals surface area contributed by atoms with Crippen molar-refractivity contribution in [1.82, 2.24) is 10.2 Å². The third-order valence-electron chi connectivity index (χ3n) is 5.82. The topological polar surface area (TPSA) is 49.4 Å². The highest BCUT2D eigenvalue weighted by molar-refractivity contribution is 5.81. The fourth-order valence-electron chi connectivity index (χ4n) is 4.36. The van der Waals surface area contributed by atoms with Gasteiger partial charge < -0.3 is 10.2 Å². The first-order valence-corrected chi connectivity index (χ1v) is 9.33. The molecule has 0 radical (unpaired) electrons. The first kappa shape index (κ1) is 15.8. The van der Waals surface area contributed by atoms with Crippen LogP contribution in [-0.4, -0.2) is 35.8 Å². The molecule has 124 valence electrons. The number of carbonyl (C=O) groups is 2. The Kier molecular flexibility index (Phi) is 5.37. The lowest BCUT2D eigenvalue weighted by Gasteiger charge is -2.33. The second-order valence-corrected chi connectivity index (χ2v) is 7.42. The van der Waals surface area contributed by atoms with Crippen molar-refractivity contribution in [3.63, 3.8) is 0 Å². The second kappa shape index (κ2) is 7.47. The van der Waals surface area contributed by atoms with E-state index in [0.29, 0.717) is 11.9 Å². The van der Waals surface area contributed by atoms with Crippen LogP contribution in [-0.2, 0) is 9.59 Å². The van der Waals surface area contributed by atoms with Crippen molar-refractivity contribution in [2.24, 2.45) is 11.8 Å². The molecule has 1 heterocycles. The molecule has 1 N–H and O–H groups in total. The smallest absolute Gasteiger partial charge is 0.225 e. The summed E-state index contributed by atoms with van der Waals surface area (Å²) in [6.07, 6.45) is 12.0. The molecule has 2 aliphatic carbocycles. The minimum absolute atomic E-state index is 0.144. The molecule has 1 aliphatic heterocycles.